The first-order valence-corrected chi connectivity index (χ1v) is 9.73. The molecule has 1 aromatic carbocycles. The summed E-state index contributed by atoms with van der Waals surface area (Å²) in [6.07, 6.45) is 3.07. The molecule has 0 aliphatic carbocycles. The fourth-order valence-electron chi connectivity index (χ4n) is 3.49. The molecule has 2 aliphatic heterocycles. The number of hydrogen-bond donors (Lipinski definition) is 2. The number of aromatic nitrogens is 1. The molecule has 0 radical (unpaired) electrons. The molecular weight excluding hydrogens is 386 g/mol. The van der Waals surface area contributed by atoms with Gasteiger partial charge in [-0.25, -0.2) is 20.1 Å². The average Bonchev–Trinajstić information content (AvgIpc) is 3.20. The Kier molecular flexibility index (Phi) is 5.73. The number of amides is 1. The highest BCUT2D eigenvalue weighted by Crippen LogP contribution is 2.30. The molecule has 1 amide bonds. The predicted octanol–water partition coefficient (Wildman–Crippen LogP) is 1.58. The molecule has 0 atom stereocenters. The fraction of sp³-hybridized carbons (Fsp3) is 0.333. The molecule has 0 bridgehead atoms. The van der Waals surface area contributed by atoms with Gasteiger partial charge in [0.25, 0.3) is 0 Å². The van der Waals surface area contributed by atoms with Gasteiger partial charge in [0.1, 0.15) is 5.69 Å². The summed E-state index contributed by atoms with van der Waals surface area (Å²) >= 11 is 0. The number of carbonyl (C=O) groups is 2. The second-order valence-corrected chi connectivity index (χ2v) is 7.22. The van der Waals surface area contributed by atoms with Crippen LogP contribution in [0, 0.1) is 0 Å². The number of nitrogens with one attached hydrogen (secondary N) is 2. The molecule has 4 rings (SSSR count). The number of anilines is 1. The minimum atomic E-state index is -0.608. The highest BCUT2D eigenvalue weighted by Gasteiger charge is 2.40. The molecule has 30 heavy (non-hydrogen) atoms. The lowest BCUT2D eigenvalue weighted by atomic mass is 10.0. The lowest BCUT2D eigenvalue weighted by molar-refractivity contribution is -0.120. The van der Waals surface area contributed by atoms with Crippen LogP contribution < -0.4 is 10.8 Å². The van der Waals surface area contributed by atoms with Crippen molar-refractivity contribution in [2.75, 3.05) is 32.1 Å². The number of esters is 1. The summed E-state index contributed by atoms with van der Waals surface area (Å²) in [6, 6.07) is 12.2. The number of nitrogens with zero attached hydrogens (tertiary/aromatic N) is 3. The van der Waals surface area contributed by atoms with Crippen molar-refractivity contribution in [3.05, 3.63) is 59.9 Å². The van der Waals surface area contributed by atoms with Gasteiger partial charge in [-0.1, -0.05) is 6.07 Å². The maximum absolute atomic E-state index is 12.4. The van der Waals surface area contributed by atoms with Gasteiger partial charge in [0, 0.05) is 37.8 Å². The van der Waals surface area contributed by atoms with E-state index in [-0.39, 0.29) is 12.5 Å². The van der Waals surface area contributed by atoms with Crippen molar-refractivity contribution in [1.82, 2.24) is 15.4 Å². The number of carbonyl (C=O) groups excluding carboxylic acids is 2. The third kappa shape index (κ3) is 4.47. The molecule has 156 valence electrons. The largest absolute Gasteiger partial charge is 0.465 e. The lowest BCUT2D eigenvalue weighted by Gasteiger charge is -2.35. The Morgan fingerprint density at radius 2 is 1.97 bits per heavy atom. The summed E-state index contributed by atoms with van der Waals surface area (Å²) in [5.41, 5.74) is 4.10. The minimum Gasteiger partial charge on any atom is -0.465 e. The van der Waals surface area contributed by atoms with Gasteiger partial charge in [0.15, 0.2) is 11.6 Å². The van der Waals surface area contributed by atoms with Crippen LogP contribution in [0.15, 0.2) is 53.7 Å². The van der Waals surface area contributed by atoms with E-state index in [2.05, 4.69) is 25.4 Å². The number of likely N-dealkylation sites (tertiary alicyclic amines) is 1. The van der Waals surface area contributed by atoms with Crippen molar-refractivity contribution in [2.45, 2.75) is 18.6 Å². The Morgan fingerprint density at radius 1 is 1.20 bits per heavy atom. The molecule has 2 N–H and O–H groups in total. The van der Waals surface area contributed by atoms with E-state index in [4.69, 9.17) is 9.83 Å². The van der Waals surface area contributed by atoms with E-state index in [0.29, 0.717) is 43.0 Å². The Labute approximate surface area is 174 Å². The number of benzene rings is 1. The second-order valence-electron chi connectivity index (χ2n) is 7.22. The van der Waals surface area contributed by atoms with E-state index in [9.17, 15) is 9.59 Å². The van der Waals surface area contributed by atoms with Crippen molar-refractivity contribution in [2.24, 2.45) is 4.99 Å². The van der Waals surface area contributed by atoms with E-state index < -0.39 is 11.7 Å². The number of hydroxylamine groups is 1. The zero-order valence-electron chi connectivity index (χ0n) is 16.6. The van der Waals surface area contributed by atoms with Crippen LogP contribution >= 0.6 is 0 Å². The minimum absolute atomic E-state index is 0.111. The van der Waals surface area contributed by atoms with E-state index in [1.807, 2.05) is 18.2 Å². The number of methoxy groups -OCH3 is 1. The molecule has 1 aromatic heterocycles. The van der Waals surface area contributed by atoms with Crippen LogP contribution in [0.25, 0.3) is 0 Å². The van der Waals surface area contributed by atoms with Gasteiger partial charge in [-0.3, -0.25) is 14.7 Å². The summed E-state index contributed by atoms with van der Waals surface area (Å²) in [5, 5.41) is 2.85. The highest BCUT2D eigenvalue weighted by molar-refractivity contribution is 5.97. The van der Waals surface area contributed by atoms with Gasteiger partial charge in [0.2, 0.25) is 5.91 Å². The summed E-state index contributed by atoms with van der Waals surface area (Å²) in [4.78, 5) is 40.7. The third-order valence-corrected chi connectivity index (χ3v) is 5.16. The van der Waals surface area contributed by atoms with E-state index in [0.717, 1.165) is 5.69 Å². The van der Waals surface area contributed by atoms with Crippen LogP contribution in [-0.4, -0.2) is 60.1 Å². The van der Waals surface area contributed by atoms with Crippen LogP contribution in [0.4, 0.5) is 5.69 Å². The number of piperidine rings is 1. The van der Waals surface area contributed by atoms with Gasteiger partial charge in [-0.15, -0.1) is 0 Å². The van der Waals surface area contributed by atoms with Gasteiger partial charge < -0.3 is 10.1 Å². The molecule has 1 spiro atoms. The van der Waals surface area contributed by atoms with Gasteiger partial charge >= 0.3 is 5.97 Å². The molecule has 9 nitrogen and oxygen atoms in total. The van der Waals surface area contributed by atoms with Crippen molar-refractivity contribution in [1.29, 1.82) is 0 Å². The van der Waals surface area contributed by atoms with E-state index >= 15 is 0 Å². The summed E-state index contributed by atoms with van der Waals surface area (Å²) in [5.74, 6) is 0.115. The molecular formula is C21H23N5O4. The zero-order valence-corrected chi connectivity index (χ0v) is 16.6. The molecule has 1 fully saturated rings. The molecule has 0 saturated carbocycles. The summed E-state index contributed by atoms with van der Waals surface area (Å²) < 4.78 is 4.67. The normalized spacial score (nSPS) is 17.8. The van der Waals surface area contributed by atoms with Crippen molar-refractivity contribution >= 4 is 23.4 Å². The van der Waals surface area contributed by atoms with Crippen LogP contribution in [0.2, 0.25) is 0 Å². The topological polar surface area (TPSA) is 105 Å². The Bertz CT molecular complexity index is 938. The maximum atomic E-state index is 12.4. The first kappa shape index (κ1) is 20.0. The van der Waals surface area contributed by atoms with E-state index in [1.165, 1.54) is 7.11 Å². The molecule has 2 aromatic rings. The number of amidine groups is 1. The predicted molar refractivity (Wildman–Crippen MR) is 110 cm³/mol. The number of rotatable bonds is 5. The first-order valence-electron chi connectivity index (χ1n) is 9.73. The average molecular weight is 409 g/mol. The number of aliphatic imine (C=N–C) groups is 1. The van der Waals surface area contributed by atoms with Crippen LogP contribution in [0.5, 0.6) is 0 Å². The molecule has 0 unspecified atom stereocenters. The molecule has 3 heterocycles. The number of hydrogen-bond acceptors (Lipinski definition) is 8. The van der Waals surface area contributed by atoms with Crippen molar-refractivity contribution in [3.63, 3.8) is 0 Å². The van der Waals surface area contributed by atoms with Crippen molar-refractivity contribution < 1.29 is 19.2 Å². The molecule has 1 saturated heterocycles. The van der Waals surface area contributed by atoms with Crippen LogP contribution in [0.3, 0.4) is 0 Å². The lowest BCUT2D eigenvalue weighted by Crippen LogP contribution is -2.46. The quantitative estimate of drug-likeness (QED) is 0.723. The smallest absolute Gasteiger partial charge is 0.337 e. The number of pyridine rings is 1. The monoisotopic (exact) mass is 409 g/mol. The summed E-state index contributed by atoms with van der Waals surface area (Å²) in [6.45, 7) is 1.66. The third-order valence-electron chi connectivity index (χ3n) is 5.16. The van der Waals surface area contributed by atoms with Crippen molar-refractivity contribution in [3.8, 4) is 0 Å². The van der Waals surface area contributed by atoms with Gasteiger partial charge in [-0.05, 0) is 36.4 Å². The van der Waals surface area contributed by atoms with Gasteiger partial charge in [-0.2, -0.15) is 0 Å². The zero-order chi connectivity index (χ0) is 21.0. The van der Waals surface area contributed by atoms with Crippen LogP contribution in [-0.2, 0) is 14.4 Å². The SMILES string of the molecule is COC(=O)c1ccc(NC(=O)CN2CCC3(CC2)N=C(c2ccccn2)NO3)cc1. The maximum Gasteiger partial charge on any atom is 0.337 e. The van der Waals surface area contributed by atoms with Crippen LogP contribution in [0.1, 0.15) is 28.9 Å². The standard InChI is InChI=1S/C21H23N5O4/c1-29-20(28)15-5-7-16(8-6-15)23-18(27)14-26-12-9-21(10-13-26)24-19(25-30-21)17-4-2-3-11-22-17/h2-8,11H,9-10,12-14H2,1H3,(H,23,27)(H,24,25). The van der Waals surface area contributed by atoms with Gasteiger partial charge in [0.05, 0.1) is 19.2 Å². The Hall–Kier alpha value is -3.30. The Balaban J connectivity index is 1.28. The van der Waals surface area contributed by atoms with E-state index in [1.54, 1.807) is 30.5 Å². The molecule has 9 heteroatoms. The number of ether oxygens (including phenoxy) is 1. The fourth-order valence-corrected chi connectivity index (χ4v) is 3.49. The Morgan fingerprint density at radius 3 is 2.63 bits per heavy atom. The summed E-state index contributed by atoms with van der Waals surface area (Å²) in [7, 11) is 1.33. The first-order chi connectivity index (χ1) is 14.6. The molecule has 2 aliphatic rings. The highest BCUT2D eigenvalue weighted by atomic mass is 16.7. The second kappa shape index (κ2) is 8.60.